The molecule has 2 aromatic rings. The number of pyridine rings is 2. The summed E-state index contributed by atoms with van der Waals surface area (Å²) in [4.78, 5) is 13.3. The van der Waals surface area contributed by atoms with Crippen molar-refractivity contribution in [2.24, 2.45) is 0 Å². The molecule has 0 fully saturated rings. The van der Waals surface area contributed by atoms with Crippen LogP contribution in [-0.2, 0) is 0 Å². The topological polar surface area (TPSA) is 32.3 Å². The highest BCUT2D eigenvalue weighted by Gasteiger charge is 2.08. The number of anilines is 1. The second kappa shape index (κ2) is 6.30. The molecule has 2 aromatic heterocycles. The lowest BCUT2D eigenvalue weighted by molar-refractivity contribution is 0.402. The minimum absolute atomic E-state index is 0.923. The van der Waals surface area contributed by atoms with Gasteiger partial charge in [0.05, 0.1) is 11.2 Å². The second-order valence-electron chi connectivity index (χ2n) is 4.93. The first kappa shape index (κ1) is 14.2. The summed E-state index contributed by atoms with van der Waals surface area (Å²) in [5.74, 6) is 0. The van der Waals surface area contributed by atoms with E-state index in [1.165, 1.54) is 0 Å². The number of fused-ring (bicyclic) bond motifs is 1. The van der Waals surface area contributed by atoms with Crippen LogP contribution in [0.1, 0.15) is 6.42 Å². The number of nitrogens with zero attached hydrogens (tertiary/aromatic N) is 4. The Kier molecular flexibility index (Phi) is 4.71. The van der Waals surface area contributed by atoms with Crippen molar-refractivity contribution in [3.8, 4) is 0 Å². The molecule has 0 radical (unpaired) electrons. The Hall–Kier alpha value is -1.20. The minimum Gasteiger partial charge on any atom is -0.373 e. The van der Waals surface area contributed by atoms with Gasteiger partial charge >= 0.3 is 0 Å². The maximum absolute atomic E-state index is 4.48. The van der Waals surface area contributed by atoms with Gasteiger partial charge in [-0.25, -0.2) is 0 Å². The van der Waals surface area contributed by atoms with Crippen LogP contribution in [0.4, 0.5) is 5.69 Å². The summed E-state index contributed by atoms with van der Waals surface area (Å²) < 4.78 is 0.958. The molecule has 2 heterocycles. The van der Waals surface area contributed by atoms with Crippen molar-refractivity contribution in [1.29, 1.82) is 0 Å². The molecule has 0 spiro atoms. The standard InChI is InChI=1S/C14H19BrN4/c1-18(2)7-4-8-19(3)13-5-6-16-12-9-11(15)10-17-14(12)13/h5-6,9-10H,4,7-8H2,1-3H3. The summed E-state index contributed by atoms with van der Waals surface area (Å²) in [7, 11) is 6.30. The van der Waals surface area contributed by atoms with Gasteiger partial charge in [0.25, 0.3) is 0 Å². The third-order valence-corrected chi connectivity index (χ3v) is 3.47. The summed E-state index contributed by atoms with van der Waals surface area (Å²) in [6, 6.07) is 4.03. The molecule has 0 bridgehead atoms. The van der Waals surface area contributed by atoms with Gasteiger partial charge in [-0.05, 0) is 55.1 Å². The first-order valence-electron chi connectivity index (χ1n) is 6.34. The fourth-order valence-corrected chi connectivity index (χ4v) is 2.36. The lowest BCUT2D eigenvalue weighted by Gasteiger charge is -2.21. The van der Waals surface area contributed by atoms with Gasteiger partial charge in [-0.3, -0.25) is 9.97 Å². The molecule has 0 amide bonds. The first-order chi connectivity index (χ1) is 9.08. The van der Waals surface area contributed by atoms with Crippen LogP contribution in [-0.4, -0.2) is 49.1 Å². The summed E-state index contributed by atoms with van der Waals surface area (Å²) in [5.41, 5.74) is 3.01. The van der Waals surface area contributed by atoms with E-state index in [0.717, 1.165) is 40.7 Å². The van der Waals surface area contributed by atoms with E-state index in [0.29, 0.717) is 0 Å². The van der Waals surface area contributed by atoms with Crippen molar-refractivity contribution in [2.75, 3.05) is 39.1 Å². The lowest BCUT2D eigenvalue weighted by Crippen LogP contribution is -2.23. The van der Waals surface area contributed by atoms with Crippen molar-refractivity contribution < 1.29 is 0 Å². The average molecular weight is 323 g/mol. The summed E-state index contributed by atoms with van der Waals surface area (Å²) in [6.45, 7) is 2.10. The minimum atomic E-state index is 0.923. The van der Waals surface area contributed by atoms with Gasteiger partial charge in [-0.15, -0.1) is 0 Å². The molecule has 0 aliphatic carbocycles. The molecule has 2 rings (SSSR count). The molecule has 0 N–H and O–H groups in total. The Labute approximate surface area is 122 Å². The van der Waals surface area contributed by atoms with Gasteiger partial charge in [-0.1, -0.05) is 0 Å². The van der Waals surface area contributed by atoms with Crippen LogP contribution in [0.2, 0.25) is 0 Å². The number of rotatable bonds is 5. The van der Waals surface area contributed by atoms with E-state index in [1.54, 1.807) is 0 Å². The summed E-state index contributed by atoms with van der Waals surface area (Å²) in [5, 5.41) is 0. The van der Waals surface area contributed by atoms with Gasteiger partial charge in [0.2, 0.25) is 0 Å². The Balaban J connectivity index is 2.19. The van der Waals surface area contributed by atoms with Crippen LogP contribution < -0.4 is 4.90 Å². The van der Waals surface area contributed by atoms with E-state index in [4.69, 9.17) is 0 Å². The van der Waals surface area contributed by atoms with Gasteiger partial charge in [0.1, 0.15) is 5.52 Å². The van der Waals surface area contributed by atoms with Crippen LogP contribution in [0.15, 0.2) is 29.0 Å². The van der Waals surface area contributed by atoms with E-state index >= 15 is 0 Å². The van der Waals surface area contributed by atoms with E-state index < -0.39 is 0 Å². The van der Waals surface area contributed by atoms with Crippen molar-refractivity contribution in [3.05, 3.63) is 29.0 Å². The fourth-order valence-electron chi connectivity index (χ4n) is 2.04. The molecule has 0 saturated heterocycles. The Morgan fingerprint density at radius 2 is 1.95 bits per heavy atom. The Bertz CT molecular complexity index is 556. The lowest BCUT2D eigenvalue weighted by atomic mass is 10.2. The molecular formula is C14H19BrN4. The molecule has 0 saturated carbocycles. The molecule has 0 aliphatic rings. The zero-order chi connectivity index (χ0) is 13.8. The van der Waals surface area contributed by atoms with Gasteiger partial charge in [-0.2, -0.15) is 0 Å². The van der Waals surface area contributed by atoms with E-state index in [9.17, 15) is 0 Å². The normalized spacial score (nSPS) is 11.2. The fraction of sp³-hybridized carbons (Fsp3) is 0.429. The highest BCUT2D eigenvalue weighted by Crippen LogP contribution is 2.24. The first-order valence-corrected chi connectivity index (χ1v) is 7.13. The monoisotopic (exact) mass is 322 g/mol. The van der Waals surface area contributed by atoms with Crippen molar-refractivity contribution in [2.45, 2.75) is 6.42 Å². The maximum Gasteiger partial charge on any atom is 0.112 e. The highest BCUT2D eigenvalue weighted by atomic mass is 79.9. The smallest absolute Gasteiger partial charge is 0.112 e. The zero-order valence-electron chi connectivity index (χ0n) is 11.6. The van der Waals surface area contributed by atoms with Gasteiger partial charge < -0.3 is 9.80 Å². The third kappa shape index (κ3) is 3.64. The second-order valence-corrected chi connectivity index (χ2v) is 5.85. The molecular weight excluding hydrogens is 304 g/mol. The number of halogens is 1. The van der Waals surface area contributed by atoms with Gasteiger partial charge in [0.15, 0.2) is 0 Å². The number of aromatic nitrogens is 2. The largest absolute Gasteiger partial charge is 0.373 e. The molecule has 4 nitrogen and oxygen atoms in total. The quantitative estimate of drug-likeness (QED) is 0.847. The Morgan fingerprint density at radius 1 is 1.16 bits per heavy atom. The van der Waals surface area contributed by atoms with Crippen LogP contribution in [0, 0.1) is 0 Å². The molecule has 5 heteroatoms. The molecule has 0 aromatic carbocycles. The van der Waals surface area contributed by atoms with E-state index in [2.05, 4.69) is 56.8 Å². The SMILES string of the molecule is CN(C)CCCN(C)c1ccnc2cc(Br)cnc12. The Morgan fingerprint density at radius 3 is 2.68 bits per heavy atom. The summed E-state index contributed by atoms with van der Waals surface area (Å²) in [6.07, 6.45) is 4.79. The molecule has 0 unspecified atom stereocenters. The number of hydrogen-bond acceptors (Lipinski definition) is 4. The molecule has 0 aliphatic heterocycles. The van der Waals surface area contributed by atoms with Gasteiger partial charge in [0, 0.05) is 30.5 Å². The van der Waals surface area contributed by atoms with E-state index in [1.807, 2.05) is 24.5 Å². The van der Waals surface area contributed by atoms with E-state index in [-0.39, 0.29) is 0 Å². The van der Waals surface area contributed by atoms with Crippen LogP contribution in [0.3, 0.4) is 0 Å². The van der Waals surface area contributed by atoms with Crippen molar-refractivity contribution >= 4 is 32.7 Å². The third-order valence-electron chi connectivity index (χ3n) is 3.03. The van der Waals surface area contributed by atoms with Crippen LogP contribution in [0.5, 0.6) is 0 Å². The van der Waals surface area contributed by atoms with Crippen LogP contribution in [0.25, 0.3) is 11.0 Å². The zero-order valence-corrected chi connectivity index (χ0v) is 13.2. The maximum atomic E-state index is 4.48. The van der Waals surface area contributed by atoms with Crippen molar-refractivity contribution in [3.63, 3.8) is 0 Å². The number of hydrogen-bond donors (Lipinski definition) is 0. The predicted octanol–water partition coefficient (Wildman–Crippen LogP) is 2.78. The average Bonchev–Trinajstić information content (AvgIpc) is 2.37. The van der Waals surface area contributed by atoms with Crippen LogP contribution >= 0.6 is 15.9 Å². The van der Waals surface area contributed by atoms with Crippen molar-refractivity contribution in [1.82, 2.24) is 14.9 Å². The predicted molar refractivity (Wildman–Crippen MR) is 83.7 cm³/mol. The summed E-state index contributed by atoms with van der Waals surface area (Å²) >= 11 is 3.43. The molecule has 102 valence electrons. The molecule has 0 atom stereocenters. The molecule has 19 heavy (non-hydrogen) atoms. The highest BCUT2D eigenvalue weighted by molar-refractivity contribution is 9.10.